The molecular weight excluding hydrogens is 276 g/mol. The highest BCUT2D eigenvalue weighted by Gasteiger charge is 2.15. The Kier molecular flexibility index (Phi) is 4.58. The van der Waals surface area contributed by atoms with Gasteiger partial charge in [0.25, 0.3) is 0 Å². The Morgan fingerprint density at radius 3 is 2.60 bits per heavy atom. The first-order valence-electron chi connectivity index (χ1n) is 6.28. The van der Waals surface area contributed by atoms with Gasteiger partial charge >= 0.3 is 5.97 Å². The fourth-order valence-corrected chi connectivity index (χ4v) is 2.19. The van der Waals surface area contributed by atoms with Crippen LogP contribution in [0.15, 0.2) is 42.7 Å². The van der Waals surface area contributed by atoms with Crippen LogP contribution in [-0.2, 0) is 6.54 Å². The summed E-state index contributed by atoms with van der Waals surface area (Å²) in [6, 6.07) is 8.64. The maximum atomic E-state index is 11.3. The molecule has 0 bridgehead atoms. The van der Waals surface area contributed by atoms with Crippen molar-refractivity contribution in [1.29, 1.82) is 0 Å². The van der Waals surface area contributed by atoms with Gasteiger partial charge in [0.2, 0.25) is 0 Å². The lowest BCUT2D eigenvalue weighted by Crippen LogP contribution is -2.24. The second-order valence-corrected chi connectivity index (χ2v) is 4.77. The van der Waals surface area contributed by atoms with Gasteiger partial charge in [0.05, 0.1) is 11.3 Å². The molecule has 0 radical (unpaired) electrons. The smallest absolute Gasteiger partial charge is 0.337 e. The number of carbonyl (C=O) groups is 1. The summed E-state index contributed by atoms with van der Waals surface area (Å²) in [5.74, 6) is -0.954. The van der Waals surface area contributed by atoms with Crippen LogP contribution < -0.4 is 4.90 Å². The molecule has 0 atom stereocenters. The summed E-state index contributed by atoms with van der Waals surface area (Å²) in [5, 5.41) is 9.81. The van der Waals surface area contributed by atoms with E-state index in [1.165, 1.54) is 6.07 Å². The number of carboxylic acid groups (broad SMARTS) is 1. The Hall–Kier alpha value is -2.07. The molecule has 2 rings (SSSR count). The second kappa shape index (κ2) is 6.39. The third-order valence-electron chi connectivity index (χ3n) is 3.04. The fourth-order valence-electron chi connectivity index (χ4n) is 2.02. The Labute approximate surface area is 122 Å². The van der Waals surface area contributed by atoms with Gasteiger partial charge in [-0.1, -0.05) is 11.6 Å². The van der Waals surface area contributed by atoms with Gasteiger partial charge in [-0.2, -0.15) is 0 Å². The molecular formula is C15H15ClN2O2. The molecule has 0 saturated carbocycles. The van der Waals surface area contributed by atoms with E-state index in [1.807, 2.05) is 24.0 Å². The lowest BCUT2D eigenvalue weighted by molar-refractivity contribution is 0.0697. The van der Waals surface area contributed by atoms with Gasteiger partial charge in [-0.25, -0.2) is 4.79 Å². The summed E-state index contributed by atoms with van der Waals surface area (Å²) in [7, 11) is 0. The zero-order chi connectivity index (χ0) is 14.5. The van der Waals surface area contributed by atoms with Crippen LogP contribution in [0.4, 0.5) is 5.69 Å². The highest BCUT2D eigenvalue weighted by molar-refractivity contribution is 6.31. The molecule has 0 aliphatic heterocycles. The minimum Gasteiger partial charge on any atom is -0.478 e. The number of aromatic carboxylic acids is 1. The summed E-state index contributed by atoms with van der Waals surface area (Å²) >= 11 is 6.00. The van der Waals surface area contributed by atoms with E-state index in [-0.39, 0.29) is 5.56 Å². The molecule has 2 aromatic rings. The van der Waals surface area contributed by atoms with Crippen LogP contribution in [0.25, 0.3) is 0 Å². The zero-order valence-corrected chi connectivity index (χ0v) is 11.8. The average molecular weight is 291 g/mol. The fraction of sp³-hybridized carbons (Fsp3) is 0.200. The van der Waals surface area contributed by atoms with E-state index in [9.17, 15) is 9.90 Å². The molecule has 4 nitrogen and oxygen atoms in total. The van der Waals surface area contributed by atoms with Crippen molar-refractivity contribution in [1.82, 2.24) is 4.98 Å². The van der Waals surface area contributed by atoms with Crippen molar-refractivity contribution in [2.45, 2.75) is 13.5 Å². The van der Waals surface area contributed by atoms with E-state index < -0.39 is 5.97 Å². The van der Waals surface area contributed by atoms with Crippen molar-refractivity contribution in [2.75, 3.05) is 11.4 Å². The molecule has 20 heavy (non-hydrogen) atoms. The minimum atomic E-state index is -0.954. The number of halogens is 1. The number of pyridine rings is 1. The van der Waals surface area contributed by atoms with Crippen molar-refractivity contribution < 1.29 is 9.90 Å². The minimum absolute atomic E-state index is 0.255. The molecule has 1 aromatic heterocycles. The number of hydrogen-bond acceptors (Lipinski definition) is 3. The van der Waals surface area contributed by atoms with E-state index in [0.717, 1.165) is 5.56 Å². The van der Waals surface area contributed by atoms with E-state index >= 15 is 0 Å². The lowest BCUT2D eigenvalue weighted by atomic mass is 10.1. The first-order chi connectivity index (χ1) is 9.61. The Balaban J connectivity index is 2.36. The standard InChI is InChI=1S/C15H15ClN2O2/c1-2-18(10-11-5-7-17-8-6-11)14-9-12(16)3-4-13(14)15(19)20/h3-9H,2,10H2,1H3,(H,19,20). The summed E-state index contributed by atoms with van der Waals surface area (Å²) in [5.41, 5.74) is 1.95. The van der Waals surface area contributed by atoms with Crippen LogP contribution in [0.3, 0.4) is 0 Å². The van der Waals surface area contributed by atoms with Crippen LogP contribution in [0, 0.1) is 0 Å². The molecule has 104 valence electrons. The van der Waals surface area contributed by atoms with Gasteiger partial charge in [0.15, 0.2) is 0 Å². The van der Waals surface area contributed by atoms with Gasteiger partial charge in [-0.15, -0.1) is 0 Å². The van der Waals surface area contributed by atoms with E-state index in [0.29, 0.717) is 23.8 Å². The van der Waals surface area contributed by atoms with Crippen LogP contribution in [-0.4, -0.2) is 22.6 Å². The predicted octanol–water partition coefficient (Wildman–Crippen LogP) is 3.46. The van der Waals surface area contributed by atoms with Crippen LogP contribution in [0.5, 0.6) is 0 Å². The molecule has 0 aliphatic carbocycles. The molecule has 0 spiro atoms. The lowest BCUT2D eigenvalue weighted by Gasteiger charge is -2.25. The van der Waals surface area contributed by atoms with Crippen molar-refractivity contribution >= 4 is 23.3 Å². The normalized spacial score (nSPS) is 10.3. The monoisotopic (exact) mass is 290 g/mol. The first-order valence-corrected chi connectivity index (χ1v) is 6.66. The molecule has 0 unspecified atom stereocenters. The molecule has 1 heterocycles. The van der Waals surface area contributed by atoms with Gasteiger partial charge in [0, 0.05) is 30.5 Å². The number of nitrogens with zero attached hydrogens (tertiary/aromatic N) is 2. The average Bonchev–Trinajstić information content (AvgIpc) is 2.45. The third kappa shape index (κ3) is 3.27. The third-order valence-corrected chi connectivity index (χ3v) is 3.27. The van der Waals surface area contributed by atoms with E-state index in [4.69, 9.17) is 11.6 Å². The van der Waals surface area contributed by atoms with Crippen molar-refractivity contribution in [3.05, 3.63) is 58.9 Å². The number of rotatable bonds is 5. The maximum absolute atomic E-state index is 11.3. The van der Waals surface area contributed by atoms with Crippen LogP contribution >= 0.6 is 11.6 Å². The Morgan fingerprint density at radius 2 is 2.00 bits per heavy atom. The Morgan fingerprint density at radius 1 is 1.30 bits per heavy atom. The number of benzene rings is 1. The molecule has 0 fully saturated rings. The quantitative estimate of drug-likeness (QED) is 0.916. The molecule has 1 N–H and O–H groups in total. The molecule has 0 aliphatic rings. The topological polar surface area (TPSA) is 53.4 Å². The zero-order valence-electron chi connectivity index (χ0n) is 11.1. The van der Waals surface area contributed by atoms with Crippen molar-refractivity contribution in [3.8, 4) is 0 Å². The molecule has 0 amide bonds. The van der Waals surface area contributed by atoms with Crippen molar-refractivity contribution in [3.63, 3.8) is 0 Å². The largest absolute Gasteiger partial charge is 0.478 e. The molecule has 1 aromatic carbocycles. The van der Waals surface area contributed by atoms with Gasteiger partial charge < -0.3 is 10.0 Å². The maximum Gasteiger partial charge on any atom is 0.337 e. The summed E-state index contributed by atoms with van der Waals surface area (Å²) in [6.45, 7) is 3.27. The molecule has 5 heteroatoms. The predicted molar refractivity (Wildman–Crippen MR) is 79.4 cm³/mol. The summed E-state index contributed by atoms with van der Waals surface area (Å²) in [4.78, 5) is 17.3. The Bertz CT molecular complexity index is 602. The number of anilines is 1. The highest BCUT2D eigenvalue weighted by atomic mass is 35.5. The van der Waals surface area contributed by atoms with Crippen molar-refractivity contribution in [2.24, 2.45) is 0 Å². The summed E-state index contributed by atoms with van der Waals surface area (Å²) < 4.78 is 0. The van der Waals surface area contributed by atoms with Crippen LogP contribution in [0.2, 0.25) is 5.02 Å². The second-order valence-electron chi connectivity index (χ2n) is 4.34. The summed E-state index contributed by atoms with van der Waals surface area (Å²) in [6.07, 6.45) is 3.44. The van der Waals surface area contributed by atoms with E-state index in [1.54, 1.807) is 24.5 Å². The number of carboxylic acids is 1. The van der Waals surface area contributed by atoms with E-state index in [2.05, 4.69) is 4.98 Å². The van der Waals surface area contributed by atoms with Gasteiger partial charge in [0.1, 0.15) is 0 Å². The first kappa shape index (κ1) is 14.3. The number of hydrogen-bond donors (Lipinski definition) is 1. The molecule has 0 saturated heterocycles. The van der Waals surface area contributed by atoms with Crippen LogP contribution in [0.1, 0.15) is 22.8 Å². The highest BCUT2D eigenvalue weighted by Crippen LogP contribution is 2.26. The van der Waals surface area contributed by atoms with Gasteiger partial charge in [-0.3, -0.25) is 4.98 Å². The number of aromatic nitrogens is 1. The van der Waals surface area contributed by atoms with Gasteiger partial charge in [-0.05, 0) is 42.8 Å². The SMILES string of the molecule is CCN(Cc1ccncc1)c1cc(Cl)ccc1C(=O)O.